The van der Waals surface area contributed by atoms with E-state index in [1.54, 1.807) is 18.2 Å². The molecule has 80 valence electrons. The van der Waals surface area contributed by atoms with Crippen molar-refractivity contribution in [2.45, 2.75) is 20.0 Å². The number of pyridine rings is 1. The maximum absolute atomic E-state index is 8.64. The first-order chi connectivity index (χ1) is 7.26. The number of aromatic nitrogens is 1. The molecule has 0 N–H and O–H groups in total. The van der Waals surface area contributed by atoms with Crippen LogP contribution in [0.3, 0.4) is 0 Å². The van der Waals surface area contributed by atoms with Crippen LogP contribution in [-0.2, 0) is 4.74 Å². The van der Waals surface area contributed by atoms with Gasteiger partial charge in [-0.25, -0.2) is 4.98 Å². The SMILES string of the molecule is CCOCC(C)Oc1cccc(C#N)n1. The van der Waals surface area contributed by atoms with E-state index in [2.05, 4.69) is 4.98 Å². The average Bonchev–Trinajstić information content (AvgIpc) is 2.26. The topological polar surface area (TPSA) is 55.1 Å². The summed E-state index contributed by atoms with van der Waals surface area (Å²) in [6.45, 7) is 5.02. The van der Waals surface area contributed by atoms with E-state index in [-0.39, 0.29) is 6.10 Å². The Labute approximate surface area is 89.5 Å². The van der Waals surface area contributed by atoms with E-state index in [0.717, 1.165) is 0 Å². The quantitative estimate of drug-likeness (QED) is 0.736. The van der Waals surface area contributed by atoms with E-state index in [9.17, 15) is 0 Å². The number of nitriles is 1. The highest BCUT2D eigenvalue weighted by Gasteiger charge is 2.05. The van der Waals surface area contributed by atoms with Crippen molar-refractivity contribution in [2.24, 2.45) is 0 Å². The molecule has 0 spiro atoms. The molecule has 1 atom stereocenters. The Bertz CT molecular complexity index is 347. The molecule has 1 unspecified atom stereocenters. The fourth-order valence-corrected chi connectivity index (χ4v) is 1.07. The van der Waals surface area contributed by atoms with Gasteiger partial charge in [0.15, 0.2) is 0 Å². The molecule has 0 aliphatic rings. The molecular weight excluding hydrogens is 192 g/mol. The first kappa shape index (κ1) is 11.5. The molecular formula is C11H14N2O2. The Hall–Kier alpha value is -1.60. The van der Waals surface area contributed by atoms with Gasteiger partial charge < -0.3 is 9.47 Å². The van der Waals surface area contributed by atoms with Crippen LogP contribution in [0, 0.1) is 11.3 Å². The lowest BCUT2D eigenvalue weighted by Gasteiger charge is -2.13. The largest absolute Gasteiger partial charge is 0.472 e. The van der Waals surface area contributed by atoms with E-state index >= 15 is 0 Å². The van der Waals surface area contributed by atoms with Gasteiger partial charge in [-0.05, 0) is 19.9 Å². The summed E-state index contributed by atoms with van der Waals surface area (Å²) in [6, 6.07) is 7.07. The first-order valence-electron chi connectivity index (χ1n) is 4.87. The summed E-state index contributed by atoms with van der Waals surface area (Å²) >= 11 is 0. The average molecular weight is 206 g/mol. The van der Waals surface area contributed by atoms with Gasteiger partial charge in [0.1, 0.15) is 17.9 Å². The standard InChI is InChI=1S/C11H14N2O2/c1-3-14-8-9(2)15-11-6-4-5-10(7-12)13-11/h4-6,9H,3,8H2,1-2H3. The smallest absolute Gasteiger partial charge is 0.214 e. The van der Waals surface area contributed by atoms with Gasteiger partial charge in [-0.2, -0.15) is 5.26 Å². The van der Waals surface area contributed by atoms with Crippen LogP contribution in [0.5, 0.6) is 5.88 Å². The number of nitrogens with zero attached hydrogens (tertiary/aromatic N) is 2. The third-order valence-electron chi connectivity index (χ3n) is 1.72. The predicted molar refractivity (Wildman–Crippen MR) is 55.5 cm³/mol. The van der Waals surface area contributed by atoms with Crippen molar-refractivity contribution in [1.82, 2.24) is 4.98 Å². The molecule has 15 heavy (non-hydrogen) atoms. The van der Waals surface area contributed by atoms with E-state index in [4.69, 9.17) is 14.7 Å². The summed E-state index contributed by atoms with van der Waals surface area (Å²) in [4.78, 5) is 4.00. The molecule has 1 rings (SSSR count). The highest BCUT2D eigenvalue weighted by molar-refractivity contribution is 5.24. The second-order valence-electron chi connectivity index (χ2n) is 3.06. The van der Waals surface area contributed by atoms with Crippen molar-refractivity contribution in [1.29, 1.82) is 5.26 Å². The second kappa shape index (κ2) is 5.99. The summed E-state index contributed by atoms with van der Waals surface area (Å²) in [6.07, 6.45) is -0.0635. The molecule has 0 amide bonds. The molecule has 4 nitrogen and oxygen atoms in total. The van der Waals surface area contributed by atoms with Crippen molar-refractivity contribution >= 4 is 0 Å². The fraction of sp³-hybridized carbons (Fsp3) is 0.455. The van der Waals surface area contributed by atoms with Gasteiger partial charge in [0.2, 0.25) is 5.88 Å². The van der Waals surface area contributed by atoms with Gasteiger partial charge >= 0.3 is 0 Å². The Morgan fingerprint density at radius 1 is 1.53 bits per heavy atom. The molecule has 0 aliphatic heterocycles. The minimum Gasteiger partial charge on any atom is -0.472 e. The molecule has 0 radical (unpaired) electrons. The summed E-state index contributed by atoms with van der Waals surface area (Å²) in [5, 5.41) is 8.64. The Morgan fingerprint density at radius 3 is 3.00 bits per heavy atom. The third kappa shape index (κ3) is 3.96. The number of hydrogen-bond donors (Lipinski definition) is 0. The van der Waals surface area contributed by atoms with Gasteiger partial charge in [0.05, 0.1) is 6.61 Å². The van der Waals surface area contributed by atoms with Crippen molar-refractivity contribution < 1.29 is 9.47 Å². The van der Waals surface area contributed by atoms with E-state index in [1.165, 1.54) is 0 Å². The van der Waals surface area contributed by atoms with E-state index in [0.29, 0.717) is 24.8 Å². The minimum atomic E-state index is -0.0635. The molecule has 1 heterocycles. The van der Waals surface area contributed by atoms with Crippen molar-refractivity contribution in [3.05, 3.63) is 23.9 Å². The summed E-state index contributed by atoms with van der Waals surface area (Å²) in [5.41, 5.74) is 0.358. The molecule has 0 fully saturated rings. The third-order valence-corrected chi connectivity index (χ3v) is 1.72. The van der Waals surface area contributed by atoms with Crippen LogP contribution in [0.2, 0.25) is 0 Å². The highest BCUT2D eigenvalue weighted by Crippen LogP contribution is 2.09. The Balaban J connectivity index is 2.53. The molecule has 4 heteroatoms. The van der Waals surface area contributed by atoms with Crippen molar-refractivity contribution in [3.63, 3.8) is 0 Å². The van der Waals surface area contributed by atoms with E-state index < -0.39 is 0 Å². The normalized spacial score (nSPS) is 11.8. The summed E-state index contributed by atoms with van der Waals surface area (Å²) in [7, 11) is 0. The molecule has 0 bridgehead atoms. The van der Waals surface area contributed by atoms with Crippen LogP contribution < -0.4 is 4.74 Å². The molecule has 0 saturated heterocycles. The highest BCUT2D eigenvalue weighted by atomic mass is 16.5. The van der Waals surface area contributed by atoms with E-state index in [1.807, 2.05) is 19.9 Å². The van der Waals surface area contributed by atoms with Gasteiger partial charge in [-0.15, -0.1) is 0 Å². The zero-order valence-electron chi connectivity index (χ0n) is 8.93. The van der Waals surface area contributed by atoms with Gasteiger partial charge in [0, 0.05) is 12.7 Å². The lowest BCUT2D eigenvalue weighted by molar-refractivity contribution is 0.0633. The maximum Gasteiger partial charge on any atom is 0.214 e. The lowest BCUT2D eigenvalue weighted by Crippen LogP contribution is -2.19. The number of hydrogen-bond acceptors (Lipinski definition) is 4. The first-order valence-corrected chi connectivity index (χ1v) is 4.87. The predicted octanol–water partition coefficient (Wildman–Crippen LogP) is 1.76. The molecule has 0 aliphatic carbocycles. The van der Waals surface area contributed by atoms with Crippen LogP contribution in [0.4, 0.5) is 0 Å². The molecule has 0 saturated carbocycles. The number of ether oxygens (including phenoxy) is 2. The van der Waals surface area contributed by atoms with Gasteiger partial charge in [-0.3, -0.25) is 0 Å². The zero-order chi connectivity index (χ0) is 11.1. The second-order valence-corrected chi connectivity index (χ2v) is 3.06. The maximum atomic E-state index is 8.64. The molecule has 1 aromatic heterocycles. The van der Waals surface area contributed by atoms with Crippen LogP contribution in [0.1, 0.15) is 19.5 Å². The van der Waals surface area contributed by atoms with Gasteiger partial charge in [-0.1, -0.05) is 6.07 Å². The molecule has 0 aromatic carbocycles. The Kier molecular flexibility index (Phi) is 4.58. The van der Waals surface area contributed by atoms with Crippen LogP contribution in [0.15, 0.2) is 18.2 Å². The van der Waals surface area contributed by atoms with Crippen LogP contribution in [-0.4, -0.2) is 24.3 Å². The van der Waals surface area contributed by atoms with Crippen molar-refractivity contribution in [2.75, 3.05) is 13.2 Å². The lowest BCUT2D eigenvalue weighted by atomic mass is 10.4. The molecule has 1 aromatic rings. The summed E-state index contributed by atoms with van der Waals surface area (Å²) < 4.78 is 10.7. The minimum absolute atomic E-state index is 0.0635. The van der Waals surface area contributed by atoms with Crippen LogP contribution >= 0.6 is 0 Å². The van der Waals surface area contributed by atoms with Crippen molar-refractivity contribution in [3.8, 4) is 11.9 Å². The van der Waals surface area contributed by atoms with Crippen LogP contribution in [0.25, 0.3) is 0 Å². The van der Waals surface area contributed by atoms with Gasteiger partial charge in [0.25, 0.3) is 0 Å². The zero-order valence-corrected chi connectivity index (χ0v) is 8.93. The summed E-state index contributed by atoms with van der Waals surface area (Å²) in [5.74, 6) is 0.459. The monoisotopic (exact) mass is 206 g/mol. The fourth-order valence-electron chi connectivity index (χ4n) is 1.07. The number of rotatable bonds is 5. The Morgan fingerprint density at radius 2 is 2.33 bits per heavy atom.